The summed E-state index contributed by atoms with van der Waals surface area (Å²) in [5.41, 5.74) is 6.80. The van der Waals surface area contributed by atoms with Crippen LogP contribution in [-0.2, 0) is 6.54 Å². The summed E-state index contributed by atoms with van der Waals surface area (Å²) in [6.07, 6.45) is 2.41. The monoisotopic (exact) mass is 236 g/mol. The Morgan fingerprint density at radius 2 is 2.18 bits per heavy atom. The van der Waals surface area contributed by atoms with Crippen molar-refractivity contribution < 1.29 is 4.39 Å². The van der Waals surface area contributed by atoms with E-state index in [2.05, 4.69) is 18.7 Å². The van der Waals surface area contributed by atoms with E-state index in [-0.39, 0.29) is 5.82 Å². The minimum Gasteiger partial charge on any atom is -0.399 e. The van der Waals surface area contributed by atoms with E-state index in [1.54, 1.807) is 12.1 Å². The fourth-order valence-electron chi connectivity index (χ4n) is 2.60. The summed E-state index contributed by atoms with van der Waals surface area (Å²) in [5, 5.41) is 0. The van der Waals surface area contributed by atoms with Gasteiger partial charge >= 0.3 is 0 Å². The number of hydrogen-bond acceptors (Lipinski definition) is 2. The van der Waals surface area contributed by atoms with E-state index in [4.69, 9.17) is 5.73 Å². The van der Waals surface area contributed by atoms with Gasteiger partial charge in [0.2, 0.25) is 0 Å². The molecule has 2 N–H and O–H groups in total. The number of halogens is 1. The van der Waals surface area contributed by atoms with Crippen LogP contribution in [0.3, 0.4) is 0 Å². The van der Waals surface area contributed by atoms with Gasteiger partial charge in [-0.2, -0.15) is 0 Å². The molecule has 2 atom stereocenters. The third kappa shape index (κ3) is 2.97. The van der Waals surface area contributed by atoms with Crippen molar-refractivity contribution in [2.75, 3.05) is 12.3 Å². The van der Waals surface area contributed by atoms with Crippen LogP contribution < -0.4 is 5.73 Å². The molecule has 0 aliphatic carbocycles. The summed E-state index contributed by atoms with van der Waals surface area (Å²) in [5.74, 6) is 0.605. The van der Waals surface area contributed by atoms with E-state index in [0.29, 0.717) is 18.3 Å². The van der Waals surface area contributed by atoms with E-state index in [1.165, 1.54) is 18.9 Å². The van der Waals surface area contributed by atoms with Crippen LogP contribution in [0.4, 0.5) is 10.1 Å². The quantitative estimate of drug-likeness (QED) is 0.800. The maximum Gasteiger partial charge on any atom is 0.129 e. The molecule has 1 aliphatic rings. The highest BCUT2D eigenvalue weighted by Gasteiger charge is 2.23. The lowest BCUT2D eigenvalue weighted by Gasteiger charge is -2.36. The standard InChI is InChI=1S/C14H21FN2/c1-10-5-6-17(11(2)7-10)9-12-3-4-13(16)8-14(12)15/h3-4,8,10-11H,5-7,9,16H2,1-2H3. The first-order valence-corrected chi connectivity index (χ1v) is 6.34. The van der Waals surface area contributed by atoms with Crippen LogP contribution >= 0.6 is 0 Å². The highest BCUT2D eigenvalue weighted by molar-refractivity contribution is 5.40. The molecule has 1 aromatic rings. The Labute approximate surface area is 103 Å². The van der Waals surface area contributed by atoms with E-state index < -0.39 is 0 Å². The Hall–Kier alpha value is -1.09. The molecule has 2 nitrogen and oxygen atoms in total. The van der Waals surface area contributed by atoms with Crippen LogP contribution in [0.2, 0.25) is 0 Å². The lowest BCUT2D eigenvalue weighted by molar-refractivity contribution is 0.121. The molecule has 0 aromatic heterocycles. The Balaban J connectivity index is 2.05. The average Bonchev–Trinajstić information content (AvgIpc) is 2.25. The van der Waals surface area contributed by atoms with E-state index >= 15 is 0 Å². The number of piperidine rings is 1. The summed E-state index contributed by atoms with van der Waals surface area (Å²) in [6.45, 7) is 6.27. The average molecular weight is 236 g/mol. The minimum atomic E-state index is -0.184. The molecule has 1 aliphatic heterocycles. The molecular formula is C14H21FN2. The van der Waals surface area contributed by atoms with Gasteiger partial charge in [-0.1, -0.05) is 13.0 Å². The lowest BCUT2D eigenvalue weighted by atomic mass is 9.93. The van der Waals surface area contributed by atoms with Crippen LogP contribution in [0, 0.1) is 11.7 Å². The third-order valence-corrected chi connectivity index (χ3v) is 3.73. The van der Waals surface area contributed by atoms with E-state index in [0.717, 1.165) is 18.0 Å². The summed E-state index contributed by atoms with van der Waals surface area (Å²) in [4.78, 5) is 2.36. The summed E-state index contributed by atoms with van der Waals surface area (Å²) in [7, 11) is 0. The molecule has 1 saturated heterocycles. The highest BCUT2D eigenvalue weighted by atomic mass is 19.1. The number of anilines is 1. The fourth-order valence-corrected chi connectivity index (χ4v) is 2.60. The number of nitrogen functional groups attached to an aromatic ring is 1. The van der Waals surface area contributed by atoms with Gasteiger partial charge in [0, 0.05) is 23.8 Å². The first-order valence-electron chi connectivity index (χ1n) is 6.34. The second-order valence-corrected chi connectivity index (χ2v) is 5.30. The number of rotatable bonds is 2. The summed E-state index contributed by atoms with van der Waals surface area (Å²) in [6, 6.07) is 5.52. The maximum atomic E-state index is 13.7. The topological polar surface area (TPSA) is 29.3 Å². The van der Waals surface area contributed by atoms with Crippen molar-refractivity contribution >= 4 is 5.69 Å². The molecule has 0 bridgehead atoms. The lowest BCUT2D eigenvalue weighted by Crippen LogP contribution is -2.39. The zero-order valence-corrected chi connectivity index (χ0v) is 10.6. The maximum absolute atomic E-state index is 13.7. The van der Waals surface area contributed by atoms with Crippen molar-refractivity contribution in [3.63, 3.8) is 0 Å². The molecule has 0 radical (unpaired) electrons. The zero-order chi connectivity index (χ0) is 12.4. The zero-order valence-electron chi connectivity index (χ0n) is 10.6. The van der Waals surface area contributed by atoms with Crippen LogP contribution in [0.1, 0.15) is 32.3 Å². The number of hydrogen-bond donors (Lipinski definition) is 1. The molecule has 2 unspecified atom stereocenters. The van der Waals surface area contributed by atoms with Crippen LogP contribution in [0.5, 0.6) is 0 Å². The number of nitrogens with two attached hydrogens (primary N) is 1. The number of benzene rings is 1. The SMILES string of the molecule is CC1CCN(Cc2ccc(N)cc2F)C(C)C1. The van der Waals surface area contributed by atoms with Crippen molar-refractivity contribution in [3.8, 4) is 0 Å². The predicted molar refractivity (Wildman–Crippen MR) is 69.1 cm³/mol. The molecule has 0 amide bonds. The van der Waals surface area contributed by atoms with Crippen molar-refractivity contribution in [1.82, 2.24) is 4.90 Å². The van der Waals surface area contributed by atoms with Gasteiger partial charge in [-0.25, -0.2) is 4.39 Å². The van der Waals surface area contributed by atoms with Gasteiger partial charge in [0.15, 0.2) is 0 Å². The van der Waals surface area contributed by atoms with Gasteiger partial charge in [-0.15, -0.1) is 0 Å². The molecule has 3 heteroatoms. The van der Waals surface area contributed by atoms with Gasteiger partial charge in [0.05, 0.1) is 0 Å². The molecule has 0 saturated carbocycles. The predicted octanol–water partition coefficient (Wildman–Crippen LogP) is 3.03. The van der Waals surface area contributed by atoms with Crippen molar-refractivity contribution in [3.05, 3.63) is 29.6 Å². The first kappa shape index (κ1) is 12.4. The van der Waals surface area contributed by atoms with Crippen molar-refractivity contribution in [1.29, 1.82) is 0 Å². The molecule has 0 spiro atoms. The second kappa shape index (κ2) is 5.05. The Bertz CT molecular complexity index is 392. The largest absolute Gasteiger partial charge is 0.399 e. The summed E-state index contributed by atoms with van der Waals surface area (Å²) < 4.78 is 13.7. The molecule has 1 aromatic carbocycles. The molecule has 94 valence electrons. The van der Waals surface area contributed by atoms with Gasteiger partial charge in [0.25, 0.3) is 0 Å². The minimum absolute atomic E-state index is 0.184. The van der Waals surface area contributed by atoms with Crippen LogP contribution in [-0.4, -0.2) is 17.5 Å². The van der Waals surface area contributed by atoms with Crippen molar-refractivity contribution in [2.45, 2.75) is 39.3 Å². The van der Waals surface area contributed by atoms with Crippen LogP contribution in [0.15, 0.2) is 18.2 Å². The van der Waals surface area contributed by atoms with Crippen LogP contribution in [0.25, 0.3) is 0 Å². The molecule has 2 rings (SSSR count). The van der Waals surface area contributed by atoms with Gasteiger partial charge in [-0.3, -0.25) is 4.90 Å². The highest BCUT2D eigenvalue weighted by Crippen LogP contribution is 2.24. The van der Waals surface area contributed by atoms with Gasteiger partial charge in [0.1, 0.15) is 5.82 Å². The Kier molecular flexibility index (Phi) is 3.67. The normalized spacial score (nSPS) is 26.1. The third-order valence-electron chi connectivity index (χ3n) is 3.73. The molecular weight excluding hydrogens is 215 g/mol. The van der Waals surface area contributed by atoms with Gasteiger partial charge < -0.3 is 5.73 Å². The molecule has 1 fully saturated rings. The smallest absolute Gasteiger partial charge is 0.129 e. The second-order valence-electron chi connectivity index (χ2n) is 5.30. The van der Waals surface area contributed by atoms with E-state index in [1.807, 2.05) is 0 Å². The summed E-state index contributed by atoms with van der Waals surface area (Å²) >= 11 is 0. The van der Waals surface area contributed by atoms with E-state index in [9.17, 15) is 4.39 Å². The van der Waals surface area contributed by atoms with Crippen molar-refractivity contribution in [2.24, 2.45) is 5.92 Å². The number of nitrogens with zero attached hydrogens (tertiary/aromatic N) is 1. The number of likely N-dealkylation sites (tertiary alicyclic amines) is 1. The molecule has 17 heavy (non-hydrogen) atoms. The first-order chi connectivity index (χ1) is 8.06. The Morgan fingerprint density at radius 3 is 2.82 bits per heavy atom. The fraction of sp³-hybridized carbons (Fsp3) is 0.571. The Morgan fingerprint density at radius 1 is 1.41 bits per heavy atom. The molecule has 1 heterocycles. The van der Waals surface area contributed by atoms with Gasteiger partial charge in [-0.05, 0) is 44.4 Å².